The fraction of sp³-hybridized carbons (Fsp3) is 0.467. The number of rotatable bonds is 5. The Morgan fingerprint density at radius 2 is 2.05 bits per heavy atom. The van der Waals surface area contributed by atoms with Crippen LogP contribution in [0.25, 0.3) is 0 Å². The summed E-state index contributed by atoms with van der Waals surface area (Å²) in [6.45, 7) is 5.55. The van der Waals surface area contributed by atoms with E-state index in [0.717, 1.165) is 12.0 Å². The molecule has 0 saturated heterocycles. The molecule has 0 heterocycles. The second-order valence-electron chi connectivity index (χ2n) is 5.02. The van der Waals surface area contributed by atoms with Crippen molar-refractivity contribution in [3.05, 3.63) is 29.8 Å². The predicted octanol–water partition coefficient (Wildman–Crippen LogP) is 2.85. The summed E-state index contributed by atoms with van der Waals surface area (Å²) in [5.74, 6) is -0.446. The van der Waals surface area contributed by atoms with Gasteiger partial charge in [0.15, 0.2) is 0 Å². The number of hydrogen-bond donors (Lipinski definition) is 2. The normalized spacial score (nSPS) is 13.2. The van der Waals surface area contributed by atoms with E-state index in [4.69, 9.17) is 4.74 Å². The van der Waals surface area contributed by atoms with Crippen LogP contribution in [0.5, 0.6) is 0 Å². The van der Waals surface area contributed by atoms with Crippen molar-refractivity contribution in [1.82, 2.24) is 5.32 Å². The van der Waals surface area contributed by atoms with Crippen LogP contribution in [0.1, 0.15) is 32.3 Å². The van der Waals surface area contributed by atoms with Crippen LogP contribution in [-0.4, -0.2) is 24.6 Å². The molecule has 0 spiro atoms. The fourth-order valence-electron chi connectivity index (χ4n) is 2.08. The first-order valence-electron chi connectivity index (χ1n) is 6.65. The Bertz CT molecular complexity index is 488. The van der Waals surface area contributed by atoms with Crippen molar-refractivity contribution in [3.63, 3.8) is 0 Å². The van der Waals surface area contributed by atoms with Gasteiger partial charge in [0.1, 0.15) is 5.54 Å². The van der Waals surface area contributed by atoms with Gasteiger partial charge in [-0.1, -0.05) is 25.5 Å². The molecule has 1 rings (SSSR count). The Kier molecular flexibility index (Phi) is 5.55. The molecule has 0 saturated carbocycles. The van der Waals surface area contributed by atoms with E-state index >= 15 is 0 Å². The van der Waals surface area contributed by atoms with Crippen molar-refractivity contribution in [2.75, 3.05) is 12.4 Å². The molecule has 0 bridgehead atoms. The summed E-state index contributed by atoms with van der Waals surface area (Å²) in [5.41, 5.74) is 0.718. The molecule has 5 nitrogen and oxygen atoms in total. The zero-order valence-corrected chi connectivity index (χ0v) is 12.4. The molecule has 110 valence electrons. The number of anilines is 1. The third kappa shape index (κ3) is 4.26. The van der Waals surface area contributed by atoms with E-state index in [1.807, 2.05) is 32.0 Å². The Hall–Kier alpha value is -2.04. The summed E-state index contributed by atoms with van der Waals surface area (Å²) in [5, 5.41) is 5.41. The highest BCUT2D eigenvalue weighted by atomic mass is 16.5. The molecule has 1 aromatic carbocycles. The Morgan fingerprint density at radius 3 is 2.60 bits per heavy atom. The van der Waals surface area contributed by atoms with Crippen LogP contribution in [0.3, 0.4) is 0 Å². The largest absolute Gasteiger partial charge is 0.467 e. The zero-order valence-electron chi connectivity index (χ0n) is 12.4. The van der Waals surface area contributed by atoms with E-state index in [-0.39, 0.29) is 0 Å². The first kappa shape index (κ1) is 16.0. The van der Waals surface area contributed by atoms with E-state index in [2.05, 4.69) is 10.6 Å². The lowest BCUT2D eigenvalue weighted by atomic mass is 9.96. The van der Waals surface area contributed by atoms with Crippen LogP contribution in [0.15, 0.2) is 24.3 Å². The minimum absolute atomic E-state index is 0.419. The molecule has 0 aliphatic heterocycles. The average Bonchev–Trinajstić information content (AvgIpc) is 2.37. The first-order valence-corrected chi connectivity index (χ1v) is 6.65. The van der Waals surface area contributed by atoms with Gasteiger partial charge in [-0.15, -0.1) is 0 Å². The molecular weight excluding hydrogens is 256 g/mol. The monoisotopic (exact) mass is 278 g/mol. The third-order valence-electron chi connectivity index (χ3n) is 3.05. The van der Waals surface area contributed by atoms with Crippen LogP contribution in [0.4, 0.5) is 10.5 Å². The number of esters is 1. The quantitative estimate of drug-likeness (QED) is 0.814. The molecule has 0 aliphatic carbocycles. The number of aryl methyl sites for hydroxylation is 1. The van der Waals surface area contributed by atoms with Crippen LogP contribution >= 0.6 is 0 Å². The number of nitrogens with one attached hydrogen (secondary N) is 2. The molecule has 1 atom stereocenters. The van der Waals surface area contributed by atoms with E-state index in [0.29, 0.717) is 12.1 Å². The topological polar surface area (TPSA) is 67.4 Å². The molecule has 1 aromatic rings. The van der Waals surface area contributed by atoms with Gasteiger partial charge in [0.05, 0.1) is 7.11 Å². The van der Waals surface area contributed by atoms with Crippen molar-refractivity contribution in [2.24, 2.45) is 0 Å². The second-order valence-corrected chi connectivity index (χ2v) is 5.02. The van der Waals surface area contributed by atoms with Gasteiger partial charge >= 0.3 is 12.0 Å². The van der Waals surface area contributed by atoms with Gasteiger partial charge in [-0.2, -0.15) is 0 Å². The van der Waals surface area contributed by atoms with Crippen LogP contribution < -0.4 is 10.6 Å². The summed E-state index contributed by atoms with van der Waals surface area (Å²) in [7, 11) is 1.32. The van der Waals surface area contributed by atoms with E-state index in [1.165, 1.54) is 7.11 Å². The number of carbonyl (C=O) groups excluding carboxylic acids is 2. The van der Waals surface area contributed by atoms with E-state index in [1.54, 1.807) is 13.0 Å². The highest BCUT2D eigenvalue weighted by Gasteiger charge is 2.35. The summed E-state index contributed by atoms with van der Waals surface area (Å²) < 4.78 is 4.76. The lowest BCUT2D eigenvalue weighted by Crippen LogP contribution is -2.54. The fourth-order valence-corrected chi connectivity index (χ4v) is 2.08. The SMILES string of the molecule is CCCC(C)(NC(=O)Nc1cccc(C)c1)C(=O)OC. The molecule has 0 aliphatic rings. The number of amides is 2. The molecular formula is C15H22N2O3. The van der Waals surface area contributed by atoms with Crippen molar-refractivity contribution in [2.45, 2.75) is 39.2 Å². The maximum Gasteiger partial charge on any atom is 0.331 e. The average molecular weight is 278 g/mol. The van der Waals surface area contributed by atoms with Gasteiger partial charge in [-0.3, -0.25) is 0 Å². The van der Waals surface area contributed by atoms with Gasteiger partial charge < -0.3 is 15.4 Å². The molecule has 2 amide bonds. The van der Waals surface area contributed by atoms with Gasteiger partial charge in [0, 0.05) is 5.69 Å². The van der Waals surface area contributed by atoms with Crippen LogP contribution in [-0.2, 0) is 9.53 Å². The Labute approximate surface area is 119 Å². The van der Waals surface area contributed by atoms with Gasteiger partial charge in [0.25, 0.3) is 0 Å². The molecule has 20 heavy (non-hydrogen) atoms. The number of urea groups is 1. The molecule has 0 radical (unpaired) electrons. The minimum atomic E-state index is -1.02. The summed E-state index contributed by atoms with van der Waals surface area (Å²) >= 11 is 0. The van der Waals surface area contributed by atoms with Gasteiger partial charge in [-0.25, -0.2) is 9.59 Å². The number of methoxy groups -OCH3 is 1. The third-order valence-corrected chi connectivity index (χ3v) is 3.05. The summed E-state index contributed by atoms with van der Waals surface area (Å²) in [6.07, 6.45) is 1.28. The maximum absolute atomic E-state index is 12.0. The van der Waals surface area contributed by atoms with Crippen molar-refractivity contribution in [3.8, 4) is 0 Å². The highest BCUT2D eigenvalue weighted by molar-refractivity contribution is 5.94. The van der Waals surface area contributed by atoms with Crippen molar-refractivity contribution < 1.29 is 14.3 Å². The first-order chi connectivity index (χ1) is 9.41. The van der Waals surface area contributed by atoms with Crippen LogP contribution in [0, 0.1) is 6.92 Å². The Morgan fingerprint density at radius 1 is 1.35 bits per heavy atom. The Balaban J connectivity index is 2.74. The second kappa shape index (κ2) is 6.93. The summed E-state index contributed by atoms with van der Waals surface area (Å²) in [6, 6.07) is 7.03. The van der Waals surface area contributed by atoms with E-state index < -0.39 is 17.5 Å². The summed E-state index contributed by atoms with van der Waals surface area (Å²) in [4.78, 5) is 23.8. The lowest BCUT2D eigenvalue weighted by Gasteiger charge is -2.27. The van der Waals surface area contributed by atoms with Crippen molar-refractivity contribution in [1.29, 1.82) is 0 Å². The van der Waals surface area contributed by atoms with E-state index in [9.17, 15) is 9.59 Å². The highest BCUT2D eigenvalue weighted by Crippen LogP contribution is 2.15. The number of ether oxygens (including phenoxy) is 1. The number of carbonyl (C=O) groups is 2. The molecule has 5 heteroatoms. The zero-order chi connectivity index (χ0) is 15.2. The standard InChI is InChI=1S/C15H22N2O3/c1-5-9-15(3,13(18)20-4)17-14(19)16-12-8-6-7-11(2)10-12/h6-8,10H,5,9H2,1-4H3,(H2,16,17,19). The lowest BCUT2D eigenvalue weighted by molar-refractivity contribution is -0.147. The minimum Gasteiger partial charge on any atom is -0.467 e. The number of hydrogen-bond acceptors (Lipinski definition) is 3. The molecule has 0 fully saturated rings. The van der Waals surface area contributed by atoms with Gasteiger partial charge in [-0.05, 0) is 38.0 Å². The number of benzene rings is 1. The predicted molar refractivity (Wildman–Crippen MR) is 78.7 cm³/mol. The molecule has 1 unspecified atom stereocenters. The molecule has 0 aromatic heterocycles. The maximum atomic E-state index is 12.0. The molecule has 2 N–H and O–H groups in total. The van der Waals surface area contributed by atoms with Gasteiger partial charge in [0.2, 0.25) is 0 Å². The van der Waals surface area contributed by atoms with Crippen molar-refractivity contribution >= 4 is 17.7 Å². The van der Waals surface area contributed by atoms with Crippen LogP contribution in [0.2, 0.25) is 0 Å². The smallest absolute Gasteiger partial charge is 0.331 e.